The zero-order chi connectivity index (χ0) is 17.6. The Kier molecular flexibility index (Phi) is 5.13. The van der Waals surface area contributed by atoms with E-state index in [1.54, 1.807) is 25.2 Å². The predicted molar refractivity (Wildman–Crippen MR) is 96.0 cm³/mol. The number of nitrogens with zero attached hydrogens (tertiary/aromatic N) is 5. The van der Waals surface area contributed by atoms with Crippen molar-refractivity contribution in [2.75, 3.05) is 30.9 Å². The third-order valence-corrected chi connectivity index (χ3v) is 3.56. The van der Waals surface area contributed by atoms with Crippen LogP contribution in [0.15, 0.2) is 48.8 Å². The van der Waals surface area contributed by atoms with E-state index in [2.05, 4.69) is 25.3 Å². The minimum absolute atomic E-state index is 0.250. The highest BCUT2D eigenvalue weighted by Crippen LogP contribution is 2.16. The van der Waals surface area contributed by atoms with E-state index < -0.39 is 5.82 Å². The van der Waals surface area contributed by atoms with Gasteiger partial charge in [0.15, 0.2) is 11.6 Å². The van der Waals surface area contributed by atoms with Crippen LogP contribution in [-0.4, -0.2) is 40.6 Å². The summed E-state index contributed by atoms with van der Waals surface area (Å²) in [6.07, 6.45) is 3.53. The minimum Gasteiger partial charge on any atom is -0.360 e. The van der Waals surface area contributed by atoms with Crippen LogP contribution in [0, 0.1) is 5.82 Å². The van der Waals surface area contributed by atoms with Crippen LogP contribution < -0.4 is 10.2 Å². The Bertz CT molecular complexity index is 838. The molecule has 0 aliphatic heterocycles. The first-order valence-corrected chi connectivity index (χ1v) is 7.94. The van der Waals surface area contributed by atoms with Gasteiger partial charge in [-0.3, -0.25) is 0 Å². The summed E-state index contributed by atoms with van der Waals surface area (Å²) in [5.41, 5.74) is 1.94. The molecule has 6 nitrogen and oxygen atoms in total. The van der Waals surface area contributed by atoms with Gasteiger partial charge in [0.25, 0.3) is 0 Å². The van der Waals surface area contributed by atoms with Gasteiger partial charge in [-0.2, -0.15) is 4.98 Å². The number of anilines is 2. The zero-order valence-electron chi connectivity index (χ0n) is 14.1. The maximum Gasteiger partial charge on any atom is 0.224 e. The largest absolute Gasteiger partial charge is 0.360 e. The Morgan fingerprint density at radius 1 is 1.04 bits per heavy atom. The summed E-state index contributed by atoms with van der Waals surface area (Å²) in [6, 6.07) is 11.8. The van der Waals surface area contributed by atoms with Crippen molar-refractivity contribution in [3.05, 3.63) is 60.4 Å². The SMILES string of the molecule is CN(C)c1nc(NCCc2nccc(-c3ccccc3)n2)ncc1F. The lowest BCUT2D eigenvalue weighted by Gasteiger charge is -2.13. The molecule has 2 aromatic heterocycles. The van der Waals surface area contributed by atoms with E-state index in [0.717, 1.165) is 23.3 Å². The number of hydrogen-bond donors (Lipinski definition) is 1. The molecule has 1 N–H and O–H groups in total. The lowest BCUT2D eigenvalue weighted by atomic mass is 10.1. The molecule has 3 rings (SSSR count). The first-order chi connectivity index (χ1) is 12.1. The molecule has 0 fully saturated rings. The molecule has 3 aromatic rings. The number of nitrogens with one attached hydrogen (secondary N) is 1. The van der Waals surface area contributed by atoms with E-state index in [4.69, 9.17) is 0 Å². The molecule has 7 heteroatoms. The van der Waals surface area contributed by atoms with Crippen LogP contribution in [0.3, 0.4) is 0 Å². The van der Waals surface area contributed by atoms with Crippen LogP contribution in [0.25, 0.3) is 11.3 Å². The minimum atomic E-state index is -0.450. The van der Waals surface area contributed by atoms with Gasteiger partial charge in [0.05, 0.1) is 11.9 Å². The quantitative estimate of drug-likeness (QED) is 0.745. The monoisotopic (exact) mass is 338 g/mol. The highest BCUT2D eigenvalue weighted by molar-refractivity contribution is 5.58. The maximum absolute atomic E-state index is 13.6. The van der Waals surface area contributed by atoms with E-state index >= 15 is 0 Å². The second-order valence-electron chi connectivity index (χ2n) is 5.66. The van der Waals surface area contributed by atoms with Crippen molar-refractivity contribution in [3.8, 4) is 11.3 Å². The fourth-order valence-electron chi connectivity index (χ4n) is 2.33. The highest BCUT2D eigenvalue weighted by Gasteiger charge is 2.09. The van der Waals surface area contributed by atoms with Gasteiger partial charge >= 0.3 is 0 Å². The summed E-state index contributed by atoms with van der Waals surface area (Å²) in [4.78, 5) is 18.6. The average molecular weight is 338 g/mol. The zero-order valence-corrected chi connectivity index (χ0v) is 14.1. The van der Waals surface area contributed by atoms with Crippen LogP contribution >= 0.6 is 0 Å². The van der Waals surface area contributed by atoms with Crippen LogP contribution in [0.4, 0.5) is 16.2 Å². The first-order valence-electron chi connectivity index (χ1n) is 7.94. The molecule has 2 heterocycles. The third-order valence-electron chi connectivity index (χ3n) is 3.56. The molecule has 0 radical (unpaired) electrons. The van der Waals surface area contributed by atoms with E-state index in [-0.39, 0.29) is 5.82 Å². The van der Waals surface area contributed by atoms with Crippen molar-refractivity contribution in [2.45, 2.75) is 6.42 Å². The molecule has 0 saturated carbocycles. The summed E-state index contributed by atoms with van der Waals surface area (Å²) >= 11 is 0. The summed E-state index contributed by atoms with van der Waals surface area (Å²) in [5, 5.41) is 3.08. The number of rotatable bonds is 6. The van der Waals surface area contributed by atoms with Crippen molar-refractivity contribution in [1.82, 2.24) is 19.9 Å². The second kappa shape index (κ2) is 7.65. The second-order valence-corrected chi connectivity index (χ2v) is 5.66. The van der Waals surface area contributed by atoms with Gasteiger partial charge in [0, 0.05) is 38.8 Å². The van der Waals surface area contributed by atoms with Gasteiger partial charge in [-0.05, 0) is 6.07 Å². The Hall–Kier alpha value is -3.09. The normalized spacial score (nSPS) is 10.5. The highest BCUT2D eigenvalue weighted by atomic mass is 19.1. The molecule has 0 unspecified atom stereocenters. The third kappa shape index (κ3) is 4.26. The van der Waals surface area contributed by atoms with Crippen molar-refractivity contribution < 1.29 is 4.39 Å². The summed E-state index contributed by atoms with van der Waals surface area (Å²) in [5.74, 6) is 0.905. The summed E-state index contributed by atoms with van der Waals surface area (Å²) < 4.78 is 13.6. The molecular formula is C18H19FN6. The van der Waals surface area contributed by atoms with Crippen molar-refractivity contribution in [3.63, 3.8) is 0 Å². The van der Waals surface area contributed by atoms with Crippen molar-refractivity contribution in [1.29, 1.82) is 0 Å². The molecule has 0 aliphatic carbocycles. The van der Waals surface area contributed by atoms with E-state index in [0.29, 0.717) is 18.9 Å². The molecule has 0 atom stereocenters. The molecule has 0 saturated heterocycles. The molecule has 0 amide bonds. The summed E-state index contributed by atoms with van der Waals surface area (Å²) in [6.45, 7) is 0.552. The van der Waals surface area contributed by atoms with Gasteiger partial charge in [-0.25, -0.2) is 19.3 Å². The molecule has 0 aliphatic rings. The lowest BCUT2D eigenvalue weighted by molar-refractivity contribution is 0.612. The molecule has 25 heavy (non-hydrogen) atoms. The fourth-order valence-corrected chi connectivity index (χ4v) is 2.33. The van der Waals surface area contributed by atoms with Crippen LogP contribution in [0.5, 0.6) is 0 Å². The van der Waals surface area contributed by atoms with Gasteiger partial charge in [-0.1, -0.05) is 30.3 Å². The molecule has 128 valence electrons. The lowest BCUT2D eigenvalue weighted by Crippen LogP contribution is -2.16. The molecule has 0 spiro atoms. The number of halogens is 1. The first kappa shape index (κ1) is 16.8. The van der Waals surface area contributed by atoms with E-state index in [1.807, 2.05) is 36.4 Å². The molecule has 1 aromatic carbocycles. The number of hydrogen-bond acceptors (Lipinski definition) is 6. The van der Waals surface area contributed by atoms with E-state index in [9.17, 15) is 4.39 Å². The van der Waals surface area contributed by atoms with Crippen LogP contribution in [-0.2, 0) is 6.42 Å². The average Bonchev–Trinajstić information content (AvgIpc) is 2.64. The van der Waals surface area contributed by atoms with Gasteiger partial charge < -0.3 is 10.2 Å². The van der Waals surface area contributed by atoms with Crippen LogP contribution in [0.2, 0.25) is 0 Å². The Balaban J connectivity index is 1.64. The number of aromatic nitrogens is 4. The van der Waals surface area contributed by atoms with Gasteiger partial charge in [0.1, 0.15) is 5.82 Å². The van der Waals surface area contributed by atoms with Crippen molar-refractivity contribution >= 4 is 11.8 Å². The topological polar surface area (TPSA) is 66.8 Å². The maximum atomic E-state index is 13.6. The number of benzene rings is 1. The Labute approximate surface area is 145 Å². The van der Waals surface area contributed by atoms with Crippen LogP contribution in [0.1, 0.15) is 5.82 Å². The van der Waals surface area contributed by atoms with Gasteiger partial charge in [-0.15, -0.1) is 0 Å². The smallest absolute Gasteiger partial charge is 0.224 e. The van der Waals surface area contributed by atoms with E-state index in [1.165, 1.54) is 0 Å². The Morgan fingerprint density at radius 3 is 2.60 bits per heavy atom. The predicted octanol–water partition coefficient (Wildman–Crippen LogP) is 2.79. The Morgan fingerprint density at radius 2 is 1.84 bits per heavy atom. The van der Waals surface area contributed by atoms with Gasteiger partial charge in [0.2, 0.25) is 5.95 Å². The fraction of sp³-hybridized carbons (Fsp3) is 0.222. The summed E-state index contributed by atoms with van der Waals surface area (Å²) in [7, 11) is 3.47. The van der Waals surface area contributed by atoms with Crippen molar-refractivity contribution in [2.24, 2.45) is 0 Å². The molecular weight excluding hydrogens is 319 g/mol. The molecule has 0 bridgehead atoms. The standard InChI is InChI=1S/C18H19FN6/c1-25(2)17-14(19)12-22-18(24-17)21-11-9-16-20-10-8-15(23-16)13-6-4-3-5-7-13/h3-8,10,12H,9,11H2,1-2H3,(H,21,22,24).